The van der Waals surface area contributed by atoms with Gasteiger partial charge < -0.3 is 14.2 Å². The summed E-state index contributed by atoms with van der Waals surface area (Å²) in [6.45, 7) is 38.8. The Balaban J connectivity index is 1.18. The Kier molecular flexibility index (Phi) is 9.66. The average Bonchev–Trinajstić information content (AvgIpc) is 3.66. The van der Waals surface area contributed by atoms with Crippen LogP contribution in [-0.4, -0.2) is 6.71 Å². The third kappa shape index (κ3) is 6.73. The van der Waals surface area contributed by atoms with Crippen molar-refractivity contribution in [1.82, 2.24) is 0 Å². The third-order valence-corrected chi connectivity index (χ3v) is 20.9. The first-order chi connectivity index (χ1) is 33.6. The van der Waals surface area contributed by atoms with E-state index in [1.165, 1.54) is 159 Å². The fraction of sp³-hybridized carbons (Fsp3) is 0.529. The van der Waals surface area contributed by atoms with Gasteiger partial charge in [0.1, 0.15) is 5.58 Å². The van der Waals surface area contributed by atoms with Crippen LogP contribution < -0.4 is 26.4 Å². The van der Waals surface area contributed by atoms with Crippen LogP contribution in [0.4, 0.5) is 34.1 Å². The Morgan fingerprint density at radius 3 is 1.54 bits per heavy atom. The normalized spacial score (nSPS) is 25.8. The lowest BCUT2D eigenvalue weighted by Gasteiger charge is -2.57. The van der Waals surface area contributed by atoms with Gasteiger partial charge in [0, 0.05) is 33.8 Å². The molecule has 4 heteroatoms. The maximum atomic E-state index is 7.79. The molecule has 5 aromatic carbocycles. The molecule has 8 aliphatic rings. The van der Waals surface area contributed by atoms with Gasteiger partial charge in [-0.2, -0.15) is 0 Å². The summed E-state index contributed by atoms with van der Waals surface area (Å²) in [7, 11) is 0. The van der Waals surface area contributed by atoms with E-state index in [0.717, 1.165) is 29.0 Å². The second-order valence-corrected chi connectivity index (χ2v) is 29.9. The third-order valence-electron chi connectivity index (χ3n) is 20.9. The molecule has 0 atom stereocenters. The molecule has 3 nitrogen and oxygen atoms in total. The number of furan rings is 1. The highest BCUT2D eigenvalue weighted by Gasteiger charge is 2.54. The van der Waals surface area contributed by atoms with Crippen LogP contribution in [0.5, 0.6) is 0 Å². The highest BCUT2D eigenvalue weighted by atomic mass is 16.3. The minimum absolute atomic E-state index is 0.0306. The van der Waals surface area contributed by atoms with Gasteiger partial charge >= 0.3 is 0 Å². The highest BCUT2D eigenvalue weighted by Crippen LogP contribution is 2.63. The lowest BCUT2D eigenvalue weighted by Crippen LogP contribution is -2.61. The van der Waals surface area contributed by atoms with Crippen LogP contribution in [0, 0.1) is 31.6 Å². The van der Waals surface area contributed by atoms with E-state index in [1.54, 1.807) is 5.56 Å². The molecule has 4 bridgehead atoms. The molecule has 4 saturated carbocycles. The van der Waals surface area contributed by atoms with E-state index in [9.17, 15) is 0 Å². The molecule has 0 radical (unpaired) electrons. The first-order valence-electron chi connectivity index (χ1n) is 28.5. The number of hydrogen-bond acceptors (Lipinski definition) is 3. The van der Waals surface area contributed by atoms with E-state index in [4.69, 9.17) is 4.42 Å². The zero-order valence-corrected chi connectivity index (χ0v) is 47.1. The maximum Gasteiger partial charge on any atom is 0.297 e. The summed E-state index contributed by atoms with van der Waals surface area (Å²) < 4.78 is 7.79. The van der Waals surface area contributed by atoms with Gasteiger partial charge in [-0.1, -0.05) is 127 Å². The summed E-state index contributed by atoms with van der Waals surface area (Å²) in [5, 5.41) is 1.27. The predicted molar refractivity (Wildman–Crippen MR) is 308 cm³/mol. The maximum absolute atomic E-state index is 7.79. The molecule has 0 unspecified atom stereocenters. The Labute approximate surface area is 434 Å². The number of benzene rings is 5. The van der Waals surface area contributed by atoms with Gasteiger partial charge in [-0.3, -0.25) is 0 Å². The van der Waals surface area contributed by atoms with Crippen LogP contribution >= 0.6 is 0 Å². The predicted octanol–water partition coefficient (Wildman–Crippen LogP) is 16.9. The van der Waals surface area contributed by atoms with E-state index in [0.29, 0.717) is 0 Å². The fourth-order valence-electron chi connectivity index (χ4n) is 16.6. The van der Waals surface area contributed by atoms with Crippen molar-refractivity contribution in [2.45, 2.75) is 213 Å². The molecule has 0 N–H and O–H groups in total. The first kappa shape index (κ1) is 47.0. The number of rotatable bonds is 3. The molecule has 374 valence electrons. The van der Waals surface area contributed by atoms with Crippen molar-refractivity contribution < 1.29 is 4.42 Å². The lowest BCUT2D eigenvalue weighted by atomic mass is 9.35. The SMILES string of the molecule is Cc1cc(C(C)(C)C)ccc1N1c2cc(C(C)(C)C)ccc2B2c3oc4cc5c(cc4c3N(c3cc4c(cc3C)C(C)(C)CCC4(C)C)c3cc(C46CC7CC(CC(C7)C4)C6)cc1c32)C(C)(C)CCC5(C)C. The van der Waals surface area contributed by atoms with E-state index >= 15 is 0 Å². The molecule has 4 fully saturated rings. The molecule has 0 amide bonds. The van der Waals surface area contributed by atoms with Gasteiger partial charge in [0.25, 0.3) is 6.71 Å². The Bertz CT molecular complexity index is 3270. The van der Waals surface area contributed by atoms with Gasteiger partial charge in [0.05, 0.1) is 11.3 Å². The van der Waals surface area contributed by atoms with Gasteiger partial charge in [0.2, 0.25) is 0 Å². The number of anilines is 6. The molecule has 6 aromatic rings. The Hall–Kier alpha value is -4.70. The largest absolute Gasteiger partial charge is 0.468 e. The molecule has 0 saturated heterocycles. The van der Waals surface area contributed by atoms with Crippen LogP contribution in [0.2, 0.25) is 0 Å². The molecular formula is C68H83BN2O. The smallest absolute Gasteiger partial charge is 0.297 e. The molecule has 2 aliphatic heterocycles. The van der Waals surface area contributed by atoms with Crippen LogP contribution in [0.3, 0.4) is 0 Å². The summed E-state index contributed by atoms with van der Waals surface area (Å²) >= 11 is 0. The monoisotopic (exact) mass is 955 g/mol. The number of aryl methyl sites for hydroxylation is 2. The summed E-state index contributed by atoms with van der Waals surface area (Å²) in [5.74, 6) is 2.51. The van der Waals surface area contributed by atoms with E-state index < -0.39 is 0 Å². The standard InChI is InChI=1S/C68H83BN2O/c1-39-25-44(62(3,4)5)18-20-53(39)70-55-30-45(63(6,7)8)17-19-52(55)69-59-56(70)31-46(68-36-41-27-42(37-68)29-43(28-41)38-68)32-57(59)71(54-34-50-48(26-40(54)2)64(9,10)21-23-66(50,13)14)60-47-33-49-51(35-58(47)72-61(60)69)67(15,16)24-22-65(49,11)12/h17-20,25-26,30-35,41-43H,21-24,27-29,36-38H2,1-16H3. The molecule has 3 heterocycles. The van der Waals surface area contributed by atoms with E-state index in [1.807, 2.05) is 0 Å². The lowest BCUT2D eigenvalue weighted by molar-refractivity contribution is -0.00514. The Morgan fingerprint density at radius 2 is 0.986 bits per heavy atom. The van der Waals surface area contributed by atoms with E-state index in [2.05, 4.69) is 193 Å². The van der Waals surface area contributed by atoms with E-state index in [-0.39, 0.29) is 44.6 Å². The van der Waals surface area contributed by atoms with Crippen molar-refractivity contribution in [2.75, 3.05) is 9.80 Å². The topological polar surface area (TPSA) is 19.6 Å². The molecule has 0 spiro atoms. The number of fused-ring (bicyclic) bond motifs is 8. The van der Waals surface area contributed by atoms with Crippen molar-refractivity contribution in [3.05, 3.63) is 123 Å². The molecule has 1 aromatic heterocycles. The van der Waals surface area contributed by atoms with Crippen LogP contribution in [0.25, 0.3) is 11.0 Å². The number of nitrogens with zero attached hydrogens (tertiary/aromatic N) is 2. The highest BCUT2D eigenvalue weighted by molar-refractivity contribution is 7.00. The summed E-state index contributed by atoms with van der Waals surface area (Å²) in [6.07, 6.45) is 13.0. The van der Waals surface area contributed by atoms with Crippen LogP contribution in [0.15, 0.2) is 77.2 Å². The first-order valence-corrected chi connectivity index (χ1v) is 28.5. The second kappa shape index (κ2) is 14.8. The van der Waals surface area contributed by atoms with Crippen LogP contribution in [0.1, 0.15) is 211 Å². The summed E-state index contributed by atoms with van der Waals surface area (Å²) in [4.78, 5) is 5.54. The zero-order valence-electron chi connectivity index (χ0n) is 47.1. The fourth-order valence-corrected chi connectivity index (χ4v) is 16.6. The Morgan fingerprint density at radius 1 is 0.500 bits per heavy atom. The molecule has 14 rings (SSSR count). The zero-order chi connectivity index (χ0) is 50.8. The van der Waals surface area contributed by atoms with Crippen molar-refractivity contribution in [2.24, 2.45) is 17.8 Å². The van der Waals surface area contributed by atoms with Gasteiger partial charge in [0.15, 0.2) is 0 Å². The minimum Gasteiger partial charge on any atom is -0.468 e. The average molecular weight is 955 g/mol. The van der Waals surface area contributed by atoms with Gasteiger partial charge in [-0.15, -0.1) is 0 Å². The minimum atomic E-state index is -0.0835. The molecular weight excluding hydrogens is 872 g/mol. The summed E-state index contributed by atoms with van der Waals surface area (Å²) in [6, 6.07) is 30.8. The van der Waals surface area contributed by atoms with Crippen LogP contribution in [-0.2, 0) is 37.9 Å². The van der Waals surface area contributed by atoms with Crippen molar-refractivity contribution >= 4 is 68.4 Å². The van der Waals surface area contributed by atoms with Gasteiger partial charge in [-0.05, 0) is 237 Å². The molecule has 6 aliphatic carbocycles. The van der Waals surface area contributed by atoms with Gasteiger partial charge in [-0.25, -0.2) is 0 Å². The van der Waals surface area contributed by atoms with Crippen molar-refractivity contribution in [3.8, 4) is 0 Å². The van der Waals surface area contributed by atoms with Crippen molar-refractivity contribution in [3.63, 3.8) is 0 Å². The molecule has 72 heavy (non-hydrogen) atoms. The second-order valence-electron chi connectivity index (χ2n) is 29.9. The van der Waals surface area contributed by atoms with Crippen molar-refractivity contribution in [1.29, 1.82) is 0 Å². The quantitative estimate of drug-likeness (QED) is 0.165. The number of hydrogen-bond donors (Lipinski definition) is 0. The summed E-state index contributed by atoms with van der Waals surface area (Å²) in [5.41, 5.74) is 26.2.